The average molecular weight is 433 g/mol. The summed E-state index contributed by atoms with van der Waals surface area (Å²) in [4.78, 5) is 27.3. The van der Waals surface area contributed by atoms with Gasteiger partial charge in [-0.1, -0.05) is 24.3 Å². The molecule has 4 rings (SSSR count). The lowest BCUT2D eigenvalue weighted by Crippen LogP contribution is -2.29. The van der Waals surface area contributed by atoms with Gasteiger partial charge in [0, 0.05) is 30.4 Å². The minimum atomic E-state index is -0.343. The molecule has 166 valence electrons. The summed E-state index contributed by atoms with van der Waals surface area (Å²) in [7, 11) is 0. The van der Waals surface area contributed by atoms with Crippen LogP contribution in [-0.2, 0) is 11.3 Å². The molecule has 1 fully saturated rings. The van der Waals surface area contributed by atoms with E-state index in [1.807, 2.05) is 31.2 Å². The highest BCUT2D eigenvalue weighted by molar-refractivity contribution is 5.92. The van der Waals surface area contributed by atoms with Crippen LogP contribution in [0.5, 0.6) is 5.75 Å². The van der Waals surface area contributed by atoms with Crippen LogP contribution >= 0.6 is 0 Å². The third kappa shape index (κ3) is 5.17. The van der Waals surface area contributed by atoms with Crippen molar-refractivity contribution in [3.8, 4) is 17.0 Å². The lowest BCUT2D eigenvalue weighted by molar-refractivity contribution is -0.117. The summed E-state index contributed by atoms with van der Waals surface area (Å²) in [5.41, 5.74) is 3.00. The van der Waals surface area contributed by atoms with E-state index in [1.54, 1.807) is 18.2 Å². The van der Waals surface area contributed by atoms with E-state index in [9.17, 15) is 9.59 Å². The Morgan fingerprint density at radius 1 is 1.00 bits per heavy atom. The Bertz CT molecular complexity index is 1120. The zero-order chi connectivity index (χ0) is 22.3. The molecule has 0 aliphatic carbocycles. The number of benzene rings is 2. The van der Waals surface area contributed by atoms with Crippen molar-refractivity contribution < 1.29 is 9.53 Å². The lowest BCUT2D eigenvalue weighted by atomic mass is 10.1. The second-order valence-corrected chi connectivity index (χ2v) is 7.79. The molecule has 7 nitrogen and oxygen atoms in total. The number of piperidine rings is 1. The minimum absolute atomic E-state index is 0.182. The molecule has 1 aromatic heterocycles. The summed E-state index contributed by atoms with van der Waals surface area (Å²) in [6.45, 7) is 4.37. The molecule has 7 heteroatoms. The second kappa shape index (κ2) is 10.1. The molecule has 1 N–H and O–H groups in total. The number of anilines is 2. The van der Waals surface area contributed by atoms with E-state index >= 15 is 0 Å². The van der Waals surface area contributed by atoms with Gasteiger partial charge in [-0.05, 0) is 56.5 Å². The summed E-state index contributed by atoms with van der Waals surface area (Å²) in [5, 5.41) is 7.23. The van der Waals surface area contributed by atoms with E-state index < -0.39 is 0 Å². The van der Waals surface area contributed by atoms with Gasteiger partial charge in [0.25, 0.3) is 5.56 Å². The van der Waals surface area contributed by atoms with Crippen molar-refractivity contribution in [2.75, 3.05) is 29.9 Å². The lowest BCUT2D eigenvalue weighted by Gasteiger charge is -2.28. The van der Waals surface area contributed by atoms with Crippen LogP contribution < -0.4 is 20.5 Å². The highest BCUT2D eigenvalue weighted by Gasteiger charge is 2.13. The third-order valence-corrected chi connectivity index (χ3v) is 5.51. The van der Waals surface area contributed by atoms with Gasteiger partial charge in [-0.15, -0.1) is 0 Å². The smallest absolute Gasteiger partial charge is 0.267 e. The summed E-state index contributed by atoms with van der Waals surface area (Å²) in [6.07, 6.45) is 3.75. The van der Waals surface area contributed by atoms with E-state index in [4.69, 9.17) is 4.74 Å². The Morgan fingerprint density at radius 2 is 1.75 bits per heavy atom. The fourth-order valence-electron chi connectivity index (χ4n) is 3.89. The Hall–Kier alpha value is -3.61. The van der Waals surface area contributed by atoms with Crippen molar-refractivity contribution in [3.05, 3.63) is 71.0 Å². The van der Waals surface area contributed by atoms with Crippen LogP contribution in [0.2, 0.25) is 0 Å². The highest BCUT2D eigenvalue weighted by atomic mass is 16.5. The van der Waals surface area contributed by atoms with Gasteiger partial charge in [-0.25, -0.2) is 4.68 Å². The van der Waals surface area contributed by atoms with Crippen LogP contribution in [0, 0.1) is 0 Å². The molecule has 0 saturated carbocycles. The predicted molar refractivity (Wildman–Crippen MR) is 126 cm³/mol. The van der Waals surface area contributed by atoms with Gasteiger partial charge < -0.3 is 15.0 Å². The molecule has 2 heterocycles. The van der Waals surface area contributed by atoms with Crippen LogP contribution in [0.1, 0.15) is 26.2 Å². The first-order chi connectivity index (χ1) is 15.6. The number of nitrogens with zero attached hydrogens (tertiary/aromatic N) is 3. The highest BCUT2D eigenvalue weighted by Crippen LogP contribution is 2.25. The van der Waals surface area contributed by atoms with E-state index in [0.29, 0.717) is 23.7 Å². The van der Waals surface area contributed by atoms with E-state index in [0.717, 1.165) is 18.7 Å². The first-order valence-electron chi connectivity index (χ1n) is 11.1. The molecule has 0 atom stereocenters. The van der Waals surface area contributed by atoms with Crippen LogP contribution in [0.3, 0.4) is 0 Å². The number of amides is 1. The summed E-state index contributed by atoms with van der Waals surface area (Å²) < 4.78 is 6.73. The van der Waals surface area contributed by atoms with Crippen LogP contribution in [0.15, 0.2) is 65.5 Å². The van der Waals surface area contributed by atoms with Gasteiger partial charge in [-0.2, -0.15) is 5.10 Å². The second-order valence-electron chi connectivity index (χ2n) is 7.79. The van der Waals surface area contributed by atoms with E-state index in [-0.39, 0.29) is 18.0 Å². The van der Waals surface area contributed by atoms with Gasteiger partial charge in [0.1, 0.15) is 12.3 Å². The molecule has 1 saturated heterocycles. The van der Waals surface area contributed by atoms with Gasteiger partial charge in [0.2, 0.25) is 5.91 Å². The van der Waals surface area contributed by atoms with Crippen molar-refractivity contribution in [2.45, 2.75) is 32.7 Å². The molecule has 1 amide bonds. The maximum Gasteiger partial charge on any atom is 0.267 e. The van der Waals surface area contributed by atoms with Crippen LogP contribution in [0.4, 0.5) is 11.4 Å². The predicted octanol–water partition coefficient (Wildman–Crippen LogP) is 3.94. The van der Waals surface area contributed by atoms with E-state index in [2.05, 4.69) is 27.4 Å². The zero-order valence-corrected chi connectivity index (χ0v) is 18.3. The fraction of sp³-hybridized carbons (Fsp3) is 0.320. The molecule has 3 aromatic rings. The molecule has 0 radical (unpaired) electrons. The van der Waals surface area contributed by atoms with Crippen molar-refractivity contribution >= 4 is 17.3 Å². The molecular formula is C25H28N4O3. The topological polar surface area (TPSA) is 76.5 Å². The average Bonchev–Trinajstić information content (AvgIpc) is 2.83. The molecule has 32 heavy (non-hydrogen) atoms. The molecular weight excluding hydrogens is 404 g/mol. The number of aromatic nitrogens is 2. The molecule has 1 aliphatic heterocycles. The number of nitrogens with one attached hydrogen (secondary N) is 1. The van der Waals surface area contributed by atoms with Crippen molar-refractivity contribution in [1.29, 1.82) is 0 Å². The maximum absolute atomic E-state index is 12.6. The normalized spacial score (nSPS) is 13.6. The number of rotatable bonds is 7. The zero-order valence-electron chi connectivity index (χ0n) is 18.3. The first-order valence-corrected chi connectivity index (χ1v) is 11.1. The Balaban J connectivity index is 1.48. The molecule has 1 aliphatic rings. The van der Waals surface area contributed by atoms with Gasteiger partial charge in [0.15, 0.2) is 0 Å². The number of carbonyl (C=O) groups is 1. The SMILES string of the molecule is CCOc1ccccc1NC(=O)Cn1nc(-c2ccc(N3CCCCC3)cc2)ccc1=O. The number of ether oxygens (including phenoxy) is 1. The van der Waals surface area contributed by atoms with Crippen molar-refractivity contribution in [2.24, 2.45) is 0 Å². The minimum Gasteiger partial charge on any atom is -0.492 e. The fourth-order valence-corrected chi connectivity index (χ4v) is 3.89. The van der Waals surface area contributed by atoms with Gasteiger partial charge >= 0.3 is 0 Å². The summed E-state index contributed by atoms with van der Waals surface area (Å²) in [6, 6.07) is 18.6. The van der Waals surface area contributed by atoms with Gasteiger partial charge in [0.05, 0.1) is 18.0 Å². The molecule has 2 aromatic carbocycles. The van der Waals surface area contributed by atoms with Gasteiger partial charge in [-0.3, -0.25) is 9.59 Å². The number of carbonyl (C=O) groups excluding carboxylic acids is 1. The number of hydrogen-bond donors (Lipinski definition) is 1. The monoisotopic (exact) mass is 432 g/mol. The van der Waals surface area contributed by atoms with Crippen molar-refractivity contribution in [3.63, 3.8) is 0 Å². The third-order valence-electron chi connectivity index (χ3n) is 5.51. The standard InChI is InChI=1S/C25H28N4O3/c1-2-32-23-9-5-4-8-22(23)26-24(30)18-29-25(31)15-14-21(27-29)19-10-12-20(13-11-19)28-16-6-3-7-17-28/h4-5,8-15H,2-3,6-7,16-18H2,1H3,(H,26,30). The largest absolute Gasteiger partial charge is 0.492 e. The van der Waals surface area contributed by atoms with Crippen molar-refractivity contribution in [1.82, 2.24) is 9.78 Å². The number of hydrogen-bond acceptors (Lipinski definition) is 5. The molecule has 0 bridgehead atoms. The maximum atomic E-state index is 12.6. The van der Waals surface area contributed by atoms with E-state index in [1.165, 1.54) is 35.7 Å². The first kappa shape index (κ1) is 21.6. The Morgan fingerprint density at radius 3 is 2.50 bits per heavy atom. The Kier molecular flexibility index (Phi) is 6.84. The summed E-state index contributed by atoms with van der Waals surface area (Å²) in [5.74, 6) is 0.246. The molecule has 0 unspecified atom stereocenters. The van der Waals surface area contributed by atoms with Crippen LogP contribution in [0.25, 0.3) is 11.3 Å². The summed E-state index contributed by atoms with van der Waals surface area (Å²) >= 11 is 0. The van der Waals surface area contributed by atoms with Crippen LogP contribution in [-0.4, -0.2) is 35.4 Å². The number of para-hydroxylation sites is 2. The molecule has 0 spiro atoms. The Labute approximate surface area is 187 Å². The quantitative estimate of drug-likeness (QED) is 0.612.